The minimum Gasteiger partial charge on any atom is -0.456 e. The summed E-state index contributed by atoms with van der Waals surface area (Å²) in [5, 5.41) is 68.4. The van der Waals surface area contributed by atoms with E-state index in [-0.39, 0.29) is 0 Å². The third kappa shape index (κ3) is 4.72. The molecule has 0 amide bonds. The number of aliphatic hydroxyl groups is 7. The molecule has 2 saturated heterocycles. The third-order valence-electron chi connectivity index (χ3n) is 4.39. The molecule has 0 unspecified atom stereocenters. The van der Waals surface area contributed by atoms with Crippen LogP contribution in [0.3, 0.4) is 0 Å². The van der Waals surface area contributed by atoms with Crippen LogP contribution in [0.1, 0.15) is 0 Å². The Morgan fingerprint density at radius 1 is 0.852 bits per heavy atom. The van der Waals surface area contributed by atoms with Gasteiger partial charge in [-0.2, -0.15) is 0 Å². The molecule has 0 spiro atoms. The molecule has 2 heterocycles. The Bertz CT molecular complexity index is 493. The number of ether oxygens (including phenoxy) is 4. The predicted octanol–water partition coefficient (Wildman–Crippen LogP) is -5.89. The second kappa shape index (κ2) is 9.49. The summed E-state index contributed by atoms with van der Waals surface area (Å²) in [6, 6.07) is 0. The maximum atomic E-state index is 11.4. The van der Waals surface area contributed by atoms with Crippen molar-refractivity contribution in [3.05, 3.63) is 0 Å². The van der Waals surface area contributed by atoms with Crippen LogP contribution in [0.5, 0.6) is 0 Å². The maximum absolute atomic E-state index is 11.4. The van der Waals surface area contributed by atoms with Crippen molar-refractivity contribution >= 4 is 5.97 Å². The van der Waals surface area contributed by atoms with Crippen molar-refractivity contribution in [2.45, 2.75) is 61.4 Å². The second-order valence-corrected chi connectivity index (χ2v) is 6.19. The SMILES string of the molecule is NCC(=O)O[C@@H]1[C@@H](O)[C@@H](O[C@H]2[C@H](O)[C@@H](O)[C@H](O)O[C@@H]2CO)O[C@H](CO)[C@H]1O. The molecule has 2 fully saturated rings. The topological polar surface area (TPSA) is 222 Å². The van der Waals surface area contributed by atoms with Crippen LogP contribution in [0.25, 0.3) is 0 Å². The molecule has 2 aliphatic heterocycles. The van der Waals surface area contributed by atoms with E-state index in [9.17, 15) is 40.5 Å². The molecule has 13 heteroatoms. The molecule has 0 radical (unpaired) electrons. The van der Waals surface area contributed by atoms with Gasteiger partial charge in [0, 0.05) is 0 Å². The number of aliphatic hydroxyl groups excluding tert-OH is 7. The van der Waals surface area contributed by atoms with Crippen molar-refractivity contribution in [1.82, 2.24) is 0 Å². The number of hydrogen-bond donors (Lipinski definition) is 8. The molecule has 27 heavy (non-hydrogen) atoms. The summed E-state index contributed by atoms with van der Waals surface area (Å²) in [4.78, 5) is 11.4. The molecule has 158 valence electrons. The lowest BCUT2D eigenvalue weighted by Gasteiger charge is -2.45. The van der Waals surface area contributed by atoms with Crippen molar-refractivity contribution in [2.24, 2.45) is 5.73 Å². The number of hydrogen-bond acceptors (Lipinski definition) is 13. The van der Waals surface area contributed by atoms with E-state index in [4.69, 9.17) is 24.7 Å². The van der Waals surface area contributed by atoms with E-state index in [0.717, 1.165) is 0 Å². The molecular formula is C14H25NO12. The molecule has 9 N–H and O–H groups in total. The minimum absolute atomic E-state index is 0.530. The highest BCUT2D eigenvalue weighted by Gasteiger charge is 2.51. The molecule has 2 rings (SSSR count). The van der Waals surface area contributed by atoms with E-state index >= 15 is 0 Å². The fourth-order valence-electron chi connectivity index (χ4n) is 2.89. The first-order valence-corrected chi connectivity index (χ1v) is 8.23. The number of carbonyl (C=O) groups excluding carboxylic acids is 1. The van der Waals surface area contributed by atoms with Crippen LogP contribution in [-0.4, -0.2) is 123 Å². The van der Waals surface area contributed by atoms with E-state index in [0.29, 0.717) is 0 Å². The summed E-state index contributed by atoms with van der Waals surface area (Å²) in [7, 11) is 0. The van der Waals surface area contributed by atoms with Gasteiger partial charge in [0.15, 0.2) is 18.7 Å². The first-order chi connectivity index (χ1) is 12.7. The van der Waals surface area contributed by atoms with Crippen molar-refractivity contribution in [1.29, 1.82) is 0 Å². The zero-order valence-electron chi connectivity index (χ0n) is 14.1. The van der Waals surface area contributed by atoms with Crippen molar-refractivity contribution < 1.29 is 59.5 Å². The summed E-state index contributed by atoms with van der Waals surface area (Å²) in [5.74, 6) is -0.941. The molecular weight excluding hydrogens is 374 g/mol. The first-order valence-electron chi connectivity index (χ1n) is 8.23. The van der Waals surface area contributed by atoms with E-state index < -0.39 is 87.1 Å². The lowest BCUT2D eigenvalue weighted by atomic mass is 9.97. The monoisotopic (exact) mass is 399 g/mol. The van der Waals surface area contributed by atoms with Gasteiger partial charge in [0.1, 0.15) is 42.7 Å². The molecule has 0 aromatic rings. The number of carbonyl (C=O) groups is 1. The van der Waals surface area contributed by atoms with E-state index in [1.807, 2.05) is 0 Å². The van der Waals surface area contributed by atoms with Crippen LogP contribution in [0.4, 0.5) is 0 Å². The summed E-state index contributed by atoms with van der Waals surface area (Å²) >= 11 is 0. The molecule has 2 aliphatic rings. The molecule has 0 aromatic carbocycles. The molecule has 0 aliphatic carbocycles. The average Bonchev–Trinajstić information content (AvgIpc) is 2.66. The smallest absolute Gasteiger partial charge is 0.320 e. The zero-order valence-corrected chi connectivity index (χ0v) is 14.1. The molecule has 0 bridgehead atoms. The van der Waals surface area contributed by atoms with E-state index in [2.05, 4.69) is 0 Å². The van der Waals surface area contributed by atoms with Gasteiger partial charge in [-0.05, 0) is 0 Å². The van der Waals surface area contributed by atoms with Gasteiger partial charge in [-0.1, -0.05) is 0 Å². The van der Waals surface area contributed by atoms with E-state index in [1.165, 1.54) is 0 Å². The highest BCUT2D eigenvalue weighted by atomic mass is 16.7. The lowest BCUT2D eigenvalue weighted by Crippen LogP contribution is -2.65. The summed E-state index contributed by atoms with van der Waals surface area (Å²) in [6.07, 6.45) is -16.0. The Labute approximate surface area is 153 Å². The molecule has 0 aromatic heterocycles. The molecule has 10 atom stereocenters. The van der Waals surface area contributed by atoms with Gasteiger partial charge in [0.2, 0.25) is 0 Å². The fourth-order valence-corrected chi connectivity index (χ4v) is 2.89. The Hall–Kier alpha value is -0.970. The number of esters is 1. The van der Waals surface area contributed by atoms with Crippen molar-refractivity contribution in [2.75, 3.05) is 19.8 Å². The van der Waals surface area contributed by atoms with Gasteiger partial charge in [-0.15, -0.1) is 0 Å². The van der Waals surface area contributed by atoms with Crippen molar-refractivity contribution in [3.8, 4) is 0 Å². The Morgan fingerprint density at radius 2 is 1.48 bits per heavy atom. The predicted molar refractivity (Wildman–Crippen MR) is 81.5 cm³/mol. The van der Waals surface area contributed by atoms with Crippen LogP contribution >= 0.6 is 0 Å². The normalized spacial score (nSPS) is 45.5. The lowest BCUT2D eigenvalue weighted by molar-refractivity contribution is -0.355. The zero-order chi connectivity index (χ0) is 20.3. The highest BCUT2D eigenvalue weighted by molar-refractivity contribution is 5.71. The summed E-state index contributed by atoms with van der Waals surface area (Å²) in [5.41, 5.74) is 5.14. The summed E-state index contributed by atoms with van der Waals surface area (Å²) in [6.45, 7) is -1.97. The van der Waals surface area contributed by atoms with Crippen LogP contribution in [-0.2, 0) is 23.7 Å². The van der Waals surface area contributed by atoms with Gasteiger partial charge in [0.25, 0.3) is 0 Å². The molecule has 13 nitrogen and oxygen atoms in total. The number of nitrogens with two attached hydrogens (primary N) is 1. The van der Waals surface area contributed by atoms with Gasteiger partial charge in [-0.25, -0.2) is 0 Å². The highest BCUT2D eigenvalue weighted by Crippen LogP contribution is 2.29. The van der Waals surface area contributed by atoms with Crippen LogP contribution in [0, 0.1) is 0 Å². The number of rotatable bonds is 6. The second-order valence-electron chi connectivity index (χ2n) is 6.19. The minimum atomic E-state index is -1.78. The Kier molecular flexibility index (Phi) is 7.84. The summed E-state index contributed by atoms with van der Waals surface area (Å²) < 4.78 is 20.4. The third-order valence-corrected chi connectivity index (χ3v) is 4.39. The quantitative estimate of drug-likeness (QED) is 0.195. The fraction of sp³-hybridized carbons (Fsp3) is 0.929. The first kappa shape index (κ1) is 22.3. The van der Waals surface area contributed by atoms with Crippen LogP contribution in [0.15, 0.2) is 0 Å². The Morgan fingerprint density at radius 3 is 2.04 bits per heavy atom. The average molecular weight is 399 g/mol. The molecule has 0 saturated carbocycles. The Balaban J connectivity index is 2.18. The van der Waals surface area contributed by atoms with Crippen LogP contribution in [0.2, 0.25) is 0 Å². The van der Waals surface area contributed by atoms with Gasteiger partial charge in [0.05, 0.1) is 19.8 Å². The maximum Gasteiger partial charge on any atom is 0.320 e. The largest absolute Gasteiger partial charge is 0.456 e. The van der Waals surface area contributed by atoms with Gasteiger partial charge < -0.3 is 60.4 Å². The van der Waals surface area contributed by atoms with Crippen LogP contribution < -0.4 is 5.73 Å². The standard InChI is InChI=1S/C14H25NO12/c15-1-6(18)26-12-7(19)4(2-16)25-14(10(12)22)27-11-5(3-17)24-13(23)9(21)8(11)20/h4-5,7-14,16-17,19-23H,1-3,15H2/t4-,5-,7-,8-,9-,10-,11-,12+,13-,14-/m1/s1. The van der Waals surface area contributed by atoms with Gasteiger partial charge >= 0.3 is 5.97 Å². The van der Waals surface area contributed by atoms with Crippen molar-refractivity contribution in [3.63, 3.8) is 0 Å². The van der Waals surface area contributed by atoms with Gasteiger partial charge in [-0.3, -0.25) is 4.79 Å². The van der Waals surface area contributed by atoms with E-state index in [1.54, 1.807) is 0 Å².